The molecule has 0 N–H and O–H groups in total. The Labute approximate surface area is 159 Å². The Balaban J connectivity index is 1.54. The van der Waals surface area contributed by atoms with Gasteiger partial charge in [0.05, 0.1) is 17.2 Å². The number of hydrogen-bond donors (Lipinski definition) is 0. The first-order valence-electron chi connectivity index (χ1n) is 7.71. The Morgan fingerprint density at radius 3 is 2.70 bits per heavy atom. The lowest BCUT2D eigenvalue weighted by Gasteiger charge is -2.21. The number of halogens is 4. The van der Waals surface area contributed by atoms with Crippen molar-refractivity contribution in [2.24, 2.45) is 4.99 Å². The minimum atomic E-state index is -4.60. The van der Waals surface area contributed by atoms with Gasteiger partial charge in [-0.25, -0.2) is 0 Å². The molecule has 0 aromatic carbocycles. The second-order valence-corrected chi connectivity index (χ2v) is 8.22. The van der Waals surface area contributed by atoms with E-state index in [0.717, 1.165) is 30.7 Å². The highest BCUT2D eigenvalue weighted by atomic mass is 32.2. The Hall–Kier alpha value is -2.19. The Kier molecular flexibility index (Phi) is 4.35. The van der Waals surface area contributed by atoms with Crippen LogP contribution in [0.1, 0.15) is 35.2 Å². The van der Waals surface area contributed by atoms with Crippen molar-refractivity contribution in [2.75, 3.05) is 0 Å². The van der Waals surface area contributed by atoms with Gasteiger partial charge in [-0.1, -0.05) is 11.8 Å². The van der Waals surface area contributed by atoms with Gasteiger partial charge in [0.2, 0.25) is 5.95 Å². The molecule has 5 nitrogen and oxygen atoms in total. The lowest BCUT2D eigenvalue weighted by atomic mass is 10.1. The molecule has 1 aliphatic carbocycles. The highest BCUT2D eigenvalue weighted by Crippen LogP contribution is 2.56. The number of hydrogen-bond acceptors (Lipinski definition) is 7. The maximum absolute atomic E-state index is 13.4. The summed E-state index contributed by atoms with van der Waals surface area (Å²) in [4.78, 5) is 8.07. The summed E-state index contributed by atoms with van der Waals surface area (Å²) in [6.07, 6.45) is -1.98. The van der Waals surface area contributed by atoms with Crippen LogP contribution in [0.5, 0.6) is 0 Å². The minimum absolute atomic E-state index is 0.0744. The second-order valence-electron chi connectivity index (χ2n) is 6.02. The summed E-state index contributed by atoms with van der Waals surface area (Å²) >= 11 is 2.52. The van der Waals surface area contributed by atoms with E-state index in [1.807, 2.05) is 0 Å². The van der Waals surface area contributed by atoms with Crippen LogP contribution in [0.3, 0.4) is 0 Å². The maximum atomic E-state index is 13.4. The van der Waals surface area contributed by atoms with E-state index >= 15 is 0 Å². The highest BCUT2D eigenvalue weighted by Gasteiger charge is 2.49. The van der Waals surface area contributed by atoms with Gasteiger partial charge in [0, 0.05) is 23.6 Å². The van der Waals surface area contributed by atoms with E-state index < -0.39 is 23.4 Å². The van der Waals surface area contributed by atoms with Crippen molar-refractivity contribution < 1.29 is 17.6 Å². The van der Waals surface area contributed by atoms with E-state index in [-0.39, 0.29) is 11.3 Å². The van der Waals surface area contributed by atoms with Crippen molar-refractivity contribution in [1.29, 1.82) is 5.26 Å². The van der Waals surface area contributed by atoms with Crippen molar-refractivity contribution in [1.82, 2.24) is 15.2 Å². The van der Waals surface area contributed by atoms with Gasteiger partial charge in [0.15, 0.2) is 0 Å². The smallest absolute Gasteiger partial charge is 0.260 e. The summed E-state index contributed by atoms with van der Waals surface area (Å²) in [5.41, 5.74) is -0.538. The second kappa shape index (κ2) is 6.45. The average molecular weight is 411 g/mol. The zero-order valence-corrected chi connectivity index (χ0v) is 15.1. The number of aliphatic imine (C=N–C) groups is 1. The Bertz CT molecular complexity index is 995. The van der Waals surface area contributed by atoms with Crippen molar-refractivity contribution in [3.63, 3.8) is 0 Å². The molecule has 11 heteroatoms. The van der Waals surface area contributed by atoms with E-state index in [9.17, 15) is 17.6 Å². The summed E-state index contributed by atoms with van der Waals surface area (Å²) in [5, 5.41) is 17.1. The van der Waals surface area contributed by atoms with Gasteiger partial charge in [-0.3, -0.25) is 9.98 Å². The summed E-state index contributed by atoms with van der Waals surface area (Å²) in [6, 6.07) is 3.88. The average Bonchev–Trinajstić information content (AvgIpc) is 3.39. The number of rotatable bonds is 2. The largest absolute Gasteiger partial charge is 0.433 e. The molecule has 2 aliphatic rings. The molecule has 138 valence electrons. The summed E-state index contributed by atoms with van der Waals surface area (Å²) in [7, 11) is 0. The molecule has 0 saturated heterocycles. The lowest BCUT2D eigenvalue weighted by Crippen LogP contribution is -2.15. The van der Waals surface area contributed by atoms with E-state index in [0.29, 0.717) is 15.0 Å². The van der Waals surface area contributed by atoms with Crippen LogP contribution < -0.4 is 0 Å². The first-order valence-corrected chi connectivity index (χ1v) is 9.51. The van der Waals surface area contributed by atoms with Crippen LogP contribution in [0.15, 0.2) is 28.3 Å². The van der Waals surface area contributed by atoms with Gasteiger partial charge in [0.1, 0.15) is 15.1 Å². The molecule has 27 heavy (non-hydrogen) atoms. The van der Waals surface area contributed by atoms with E-state index in [4.69, 9.17) is 5.26 Å². The molecular weight excluding hydrogens is 402 g/mol. The molecular formula is C16H9F4N5S2. The predicted molar refractivity (Wildman–Crippen MR) is 91.4 cm³/mol. The Morgan fingerprint density at radius 1 is 1.26 bits per heavy atom. The first kappa shape index (κ1) is 18.2. The van der Waals surface area contributed by atoms with Gasteiger partial charge in [-0.15, -0.1) is 10.2 Å². The van der Waals surface area contributed by atoms with Crippen LogP contribution in [0.25, 0.3) is 0 Å². The van der Waals surface area contributed by atoms with E-state index in [1.54, 1.807) is 6.07 Å². The SMILES string of the molecule is N#Cc1cc(C(F)(F)F)ncc1CSC1=NC2(CC2)c2cc(F)nnc2S1. The highest BCUT2D eigenvalue weighted by molar-refractivity contribution is 8.38. The third kappa shape index (κ3) is 3.51. The van der Waals surface area contributed by atoms with Crippen LogP contribution in [-0.2, 0) is 17.5 Å². The third-order valence-corrected chi connectivity index (χ3v) is 6.35. The maximum Gasteiger partial charge on any atom is 0.433 e. The zero-order chi connectivity index (χ0) is 19.2. The van der Waals surface area contributed by atoms with E-state index in [2.05, 4.69) is 20.2 Å². The molecule has 0 bridgehead atoms. The molecule has 0 amide bonds. The van der Waals surface area contributed by atoms with Crippen LogP contribution in [0.4, 0.5) is 17.6 Å². The number of aromatic nitrogens is 3. The van der Waals surface area contributed by atoms with E-state index in [1.165, 1.54) is 29.6 Å². The van der Waals surface area contributed by atoms with Crippen LogP contribution >= 0.6 is 23.5 Å². The van der Waals surface area contributed by atoms with Gasteiger partial charge >= 0.3 is 6.18 Å². The lowest BCUT2D eigenvalue weighted by molar-refractivity contribution is -0.141. The fraction of sp³-hybridized carbons (Fsp3) is 0.312. The summed E-state index contributed by atoms with van der Waals surface area (Å²) < 4.78 is 52.2. The molecule has 1 saturated carbocycles. The summed E-state index contributed by atoms with van der Waals surface area (Å²) in [5.74, 6) is -0.415. The summed E-state index contributed by atoms with van der Waals surface area (Å²) in [6.45, 7) is 0. The topological polar surface area (TPSA) is 74.8 Å². The number of alkyl halides is 3. The monoisotopic (exact) mass is 411 g/mol. The van der Waals surface area contributed by atoms with Crippen LogP contribution in [-0.4, -0.2) is 19.6 Å². The van der Waals surface area contributed by atoms with Crippen molar-refractivity contribution >= 4 is 27.9 Å². The Morgan fingerprint density at radius 2 is 2.04 bits per heavy atom. The number of pyridine rings is 1. The fourth-order valence-electron chi connectivity index (χ4n) is 2.66. The predicted octanol–water partition coefficient (Wildman–Crippen LogP) is 4.29. The van der Waals surface area contributed by atoms with Crippen molar-refractivity contribution in [3.05, 3.63) is 46.7 Å². The molecule has 4 rings (SSSR count). The molecule has 0 unspecified atom stereocenters. The number of nitrogens with zero attached hydrogens (tertiary/aromatic N) is 5. The van der Waals surface area contributed by atoms with Crippen molar-refractivity contribution in [2.45, 2.75) is 35.3 Å². The molecule has 1 spiro atoms. The molecule has 0 atom stereocenters. The third-order valence-electron chi connectivity index (χ3n) is 4.19. The number of thioether (sulfide) groups is 2. The fourth-order valence-corrected chi connectivity index (χ4v) is 4.89. The molecule has 0 radical (unpaired) electrons. The van der Waals surface area contributed by atoms with Gasteiger partial charge in [-0.2, -0.15) is 22.8 Å². The molecule has 3 heterocycles. The molecule has 2 aromatic heterocycles. The number of nitriles is 1. The number of fused-ring (bicyclic) bond motifs is 2. The quantitative estimate of drug-likeness (QED) is 0.687. The zero-order valence-electron chi connectivity index (χ0n) is 13.4. The van der Waals surface area contributed by atoms with Crippen molar-refractivity contribution in [3.8, 4) is 6.07 Å². The normalized spacial score (nSPS) is 17.2. The molecule has 1 fully saturated rings. The minimum Gasteiger partial charge on any atom is -0.260 e. The van der Waals surface area contributed by atoms with Crippen LogP contribution in [0, 0.1) is 17.3 Å². The van der Waals surface area contributed by atoms with Gasteiger partial charge in [-0.05, 0) is 36.2 Å². The van der Waals surface area contributed by atoms with Gasteiger partial charge in [0.25, 0.3) is 0 Å². The molecule has 2 aromatic rings. The molecule has 1 aliphatic heterocycles. The van der Waals surface area contributed by atoms with Gasteiger partial charge < -0.3 is 0 Å². The first-order chi connectivity index (χ1) is 12.8. The standard InChI is InChI=1S/C16H9F4N5S2/c17-12-4-10-13(25-24-12)27-14(23-15(10)1-2-15)26-7-9-6-22-11(16(18,19)20)3-8(9)5-21/h3-4,6H,1-2,7H2. The van der Waals surface area contributed by atoms with Crippen LogP contribution in [0.2, 0.25) is 0 Å².